The fraction of sp³-hybridized carbons (Fsp3) is 0.417. The van der Waals surface area contributed by atoms with Crippen molar-refractivity contribution in [2.75, 3.05) is 12.3 Å². The lowest BCUT2D eigenvalue weighted by Crippen LogP contribution is -2.48. The summed E-state index contributed by atoms with van der Waals surface area (Å²) in [7, 11) is 0. The van der Waals surface area contributed by atoms with E-state index in [1.54, 1.807) is 24.0 Å². The van der Waals surface area contributed by atoms with Gasteiger partial charge in [-0.1, -0.05) is 55.8 Å². The van der Waals surface area contributed by atoms with Crippen LogP contribution in [0.4, 0.5) is 4.39 Å². The molecule has 0 fully saturated rings. The van der Waals surface area contributed by atoms with Crippen molar-refractivity contribution in [3.63, 3.8) is 0 Å². The first-order valence-corrected chi connectivity index (χ1v) is 11.4. The second-order valence-corrected chi connectivity index (χ2v) is 8.93. The second-order valence-electron chi connectivity index (χ2n) is 7.94. The van der Waals surface area contributed by atoms with Crippen molar-refractivity contribution in [3.05, 3.63) is 71.0 Å². The Morgan fingerprint density at radius 2 is 1.60 bits per heavy atom. The van der Waals surface area contributed by atoms with Crippen LogP contribution in [0.3, 0.4) is 0 Å². The molecule has 1 atom stereocenters. The lowest BCUT2D eigenvalue weighted by atomic mass is 10.1. The van der Waals surface area contributed by atoms with Gasteiger partial charge in [-0.15, -0.1) is 11.8 Å². The predicted octanol–water partition coefficient (Wildman–Crippen LogP) is 4.56. The van der Waals surface area contributed by atoms with Crippen LogP contribution in [0.2, 0.25) is 0 Å². The molecule has 1 N–H and O–H groups in total. The number of nitrogens with one attached hydrogen (secondary N) is 1. The van der Waals surface area contributed by atoms with E-state index in [-0.39, 0.29) is 29.9 Å². The summed E-state index contributed by atoms with van der Waals surface area (Å²) < 4.78 is 13.3. The maximum Gasteiger partial charge on any atom is 0.242 e. The van der Waals surface area contributed by atoms with Crippen molar-refractivity contribution in [2.45, 2.75) is 46.0 Å². The van der Waals surface area contributed by atoms with Gasteiger partial charge in [0.2, 0.25) is 11.8 Å². The lowest BCUT2D eigenvalue weighted by molar-refractivity contribution is -0.138. The highest BCUT2D eigenvalue weighted by Crippen LogP contribution is 2.17. The molecular formula is C24H31FN2O2S. The molecule has 0 radical (unpaired) electrons. The molecule has 0 aliphatic carbocycles. The van der Waals surface area contributed by atoms with Gasteiger partial charge < -0.3 is 10.2 Å². The third kappa shape index (κ3) is 7.82. The fourth-order valence-electron chi connectivity index (χ4n) is 2.84. The second kappa shape index (κ2) is 11.7. The van der Waals surface area contributed by atoms with Crippen LogP contribution in [0.25, 0.3) is 0 Å². The van der Waals surface area contributed by atoms with Crippen molar-refractivity contribution in [1.29, 1.82) is 0 Å². The van der Waals surface area contributed by atoms with Crippen LogP contribution in [0, 0.1) is 18.7 Å². The number of amides is 2. The van der Waals surface area contributed by atoms with Crippen LogP contribution in [0.15, 0.2) is 48.5 Å². The summed E-state index contributed by atoms with van der Waals surface area (Å²) in [5.74, 6) is 0.716. The number of thioether (sulfide) groups is 1. The van der Waals surface area contributed by atoms with E-state index >= 15 is 0 Å². The molecule has 1 unspecified atom stereocenters. The summed E-state index contributed by atoms with van der Waals surface area (Å²) in [6, 6.07) is 13.7. The van der Waals surface area contributed by atoms with Gasteiger partial charge in [-0.2, -0.15) is 0 Å². The van der Waals surface area contributed by atoms with Gasteiger partial charge in [0.05, 0.1) is 5.75 Å². The summed E-state index contributed by atoms with van der Waals surface area (Å²) in [4.78, 5) is 27.2. The van der Waals surface area contributed by atoms with Crippen LogP contribution in [-0.4, -0.2) is 35.1 Å². The number of aryl methyl sites for hydroxylation is 1. The van der Waals surface area contributed by atoms with Crippen LogP contribution in [0.1, 0.15) is 37.5 Å². The average Bonchev–Trinajstić information content (AvgIpc) is 2.72. The van der Waals surface area contributed by atoms with Gasteiger partial charge in [0, 0.05) is 18.8 Å². The van der Waals surface area contributed by atoms with Crippen LogP contribution >= 0.6 is 11.8 Å². The van der Waals surface area contributed by atoms with E-state index < -0.39 is 6.04 Å². The molecule has 0 bridgehead atoms. The van der Waals surface area contributed by atoms with Gasteiger partial charge >= 0.3 is 0 Å². The molecule has 2 rings (SSSR count). The zero-order chi connectivity index (χ0) is 22.1. The minimum atomic E-state index is -0.610. The number of hydrogen-bond donors (Lipinski definition) is 1. The Hall–Kier alpha value is -2.34. The highest BCUT2D eigenvalue weighted by Gasteiger charge is 2.26. The Kier molecular flexibility index (Phi) is 9.37. The van der Waals surface area contributed by atoms with Gasteiger partial charge in [0.15, 0.2) is 0 Å². The Morgan fingerprint density at radius 1 is 1.00 bits per heavy atom. The quantitative estimate of drug-likeness (QED) is 0.601. The number of carbonyl (C=O) groups is 2. The molecule has 2 aromatic carbocycles. The minimum absolute atomic E-state index is 0.108. The molecule has 6 heteroatoms. The first kappa shape index (κ1) is 23.9. The maximum atomic E-state index is 13.3. The van der Waals surface area contributed by atoms with Gasteiger partial charge in [-0.05, 0) is 43.0 Å². The normalized spacial score (nSPS) is 11.9. The van der Waals surface area contributed by atoms with Gasteiger partial charge in [0.1, 0.15) is 11.9 Å². The summed E-state index contributed by atoms with van der Waals surface area (Å²) in [6.45, 7) is 8.65. The van der Waals surface area contributed by atoms with Crippen molar-refractivity contribution < 1.29 is 14.0 Å². The fourth-order valence-corrected chi connectivity index (χ4v) is 3.72. The lowest BCUT2D eigenvalue weighted by Gasteiger charge is -2.29. The Labute approximate surface area is 183 Å². The number of nitrogens with zero attached hydrogens (tertiary/aromatic N) is 1. The predicted molar refractivity (Wildman–Crippen MR) is 122 cm³/mol. The molecule has 0 saturated heterocycles. The molecule has 0 aliphatic rings. The maximum absolute atomic E-state index is 13.3. The van der Waals surface area contributed by atoms with E-state index in [2.05, 4.69) is 29.6 Å². The van der Waals surface area contributed by atoms with Crippen LogP contribution in [0.5, 0.6) is 0 Å². The van der Waals surface area contributed by atoms with E-state index in [1.165, 1.54) is 29.5 Å². The highest BCUT2D eigenvalue weighted by atomic mass is 32.2. The van der Waals surface area contributed by atoms with E-state index in [9.17, 15) is 14.0 Å². The molecule has 0 heterocycles. The molecule has 2 amide bonds. The van der Waals surface area contributed by atoms with Crippen molar-refractivity contribution >= 4 is 23.6 Å². The molecule has 30 heavy (non-hydrogen) atoms. The van der Waals surface area contributed by atoms with Crippen LogP contribution < -0.4 is 5.32 Å². The van der Waals surface area contributed by atoms with E-state index in [1.807, 2.05) is 20.8 Å². The average molecular weight is 431 g/mol. The smallest absolute Gasteiger partial charge is 0.242 e. The molecule has 162 valence electrons. The van der Waals surface area contributed by atoms with E-state index in [0.717, 1.165) is 16.9 Å². The third-order valence-electron chi connectivity index (χ3n) is 4.73. The van der Waals surface area contributed by atoms with Gasteiger partial charge in [0.25, 0.3) is 0 Å². The summed E-state index contributed by atoms with van der Waals surface area (Å²) in [6.07, 6.45) is 0. The van der Waals surface area contributed by atoms with E-state index in [4.69, 9.17) is 0 Å². The molecule has 2 aromatic rings. The molecule has 0 aromatic heterocycles. The van der Waals surface area contributed by atoms with Gasteiger partial charge in [-0.25, -0.2) is 4.39 Å². The largest absolute Gasteiger partial charge is 0.354 e. The zero-order valence-electron chi connectivity index (χ0n) is 18.2. The molecule has 0 spiro atoms. The Balaban J connectivity index is 2.04. The zero-order valence-corrected chi connectivity index (χ0v) is 19.0. The van der Waals surface area contributed by atoms with Crippen molar-refractivity contribution in [1.82, 2.24) is 10.2 Å². The molecular weight excluding hydrogens is 399 g/mol. The van der Waals surface area contributed by atoms with Gasteiger partial charge in [-0.3, -0.25) is 9.59 Å². The summed E-state index contributed by atoms with van der Waals surface area (Å²) in [5, 5.41) is 2.90. The monoisotopic (exact) mass is 430 g/mol. The first-order chi connectivity index (χ1) is 14.3. The van der Waals surface area contributed by atoms with E-state index in [0.29, 0.717) is 12.5 Å². The van der Waals surface area contributed by atoms with Crippen molar-refractivity contribution in [3.8, 4) is 0 Å². The number of halogens is 1. The molecule has 4 nitrogen and oxygen atoms in total. The standard InChI is InChI=1S/C24H31FN2O2S/c1-17(2)13-26-24(29)19(4)27(14-20-9-11-22(25)12-10-20)23(28)16-30-15-21-7-5-18(3)6-8-21/h5-12,17,19H,13-16H2,1-4H3,(H,26,29). The van der Waals surface area contributed by atoms with Crippen LogP contribution in [-0.2, 0) is 21.9 Å². The Bertz CT molecular complexity index is 822. The third-order valence-corrected chi connectivity index (χ3v) is 5.72. The number of carbonyl (C=O) groups excluding carboxylic acids is 2. The first-order valence-electron chi connectivity index (χ1n) is 10.2. The summed E-state index contributed by atoms with van der Waals surface area (Å²) >= 11 is 1.53. The SMILES string of the molecule is Cc1ccc(CSCC(=O)N(Cc2ccc(F)cc2)C(C)C(=O)NCC(C)C)cc1. The summed E-state index contributed by atoms with van der Waals surface area (Å²) in [5.41, 5.74) is 3.15. The molecule has 0 aliphatic heterocycles. The minimum Gasteiger partial charge on any atom is -0.354 e. The van der Waals surface area contributed by atoms with Crippen molar-refractivity contribution in [2.24, 2.45) is 5.92 Å². The number of benzene rings is 2. The Morgan fingerprint density at radius 3 is 2.20 bits per heavy atom. The molecule has 0 saturated carbocycles. The number of rotatable bonds is 10. The number of hydrogen-bond acceptors (Lipinski definition) is 3. The highest BCUT2D eigenvalue weighted by molar-refractivity contribution is 7.99. The topological polar surface area (TPSA) is 49.4 Å².